The van der Waals surface area contributed by atoms with Crippen molar-refractivity contribution < 1.29 is 14.3 Å². The number of hydrogen-bond donors (Lipinski definition) is 1. The number of aromatic amines is 1. The Morgan fingerprint density at radius 3 is 3.04 bits per heavy atom. The Bertz CT molecular complexity index is 738. The topological polar surface area (TPSA) is 75.3 Å². The highest BCUT2D eigenvalue weighted by Gasteiger charge is 2.29. The van der Waals surface area contributed by atoms with Crippen LogP contribution in [0.2, 0.25) is 0 Å². The largest absolute Gasteiger partial charge is 0.466 e. The van der Waals surface area contributed by atoms with Gasteiger partial charge in [-0.15, -0.1) is 0 Å². The molecule has 23 heavy (non-hydrogen) atoms. The van der Waals surface area contributed by atoms with Gasteiger partial charge in [-0.1, -0.05) is 0 Å². The van der Waals surface area contributed by atoms with E-state index in [2.05, 4.69) is 9.97 Å². The molecule has 1 amide bonds. The van der Waals surface area contributed by atoms with E-state index in [0.717, 1.165) is 29.7 Å². The first-order valence-electron chi connectivity index (χ1n) is 8.00. The van der Waals surface area contributed by atoms with Crippen LogP contribution in [0.25, 0.3) is 11.0 Å². The van der Waals surface area contributed by atoms with Crippen molar-refractivity contribution >= 4 is 22.9 Å². The molecule has 2 aromatic rings. The van der Waals surface area contributed by atoms with E-state index in [0.29, 0.717) is 25.3 Å². The summed E-state index contributed by atoms with van der Waals surface area (Å²) >= 11 is 0. The Labute approximate surface area is 134 Å². The molecule has 0 saturated carbocycles. The van der Waals surface area contributed by atoms with Crippen LogP contribution in [0.5, 0.6) is 0 Å². The van der Waals surface area contributed by atoms with Crippen molar-refractivity contribution in [2.45, 2.75) is 26.7 Å². The quantitative estimate of drug-likeness (QED) is 0.882. The molecule has 2 heterocycles. The molecular formula is C17H21N3O3. The number of likely N-dealkylation sites (tertiary alicyclic amines) is 1. The predicted molar refractivity (Wildman–Crippen MR) is 86.1 cm³/mol. The second-order valence-corrected chi connectivity index (χ2v) is 5.90. The van der Waals surface area contributed by atoms with Crippen molar-refractivity contribution in [3.8, 4) is 0 Å². The van der Waals surface area contributed by atoms with Crippen molar-refractivity contribution in [3.05, 3.63) is 29.6 Å². The van der Waals surface area contributed by atoms with Gasteiger partial charge in [0.25, 0.3) is 5.91 Å². The van der Waals surface area contributed by atoms with Crippen LogP contribution in [0.4, 0.5) is 0 Å². The van der Waals surface area contributed by atoms with Crippen molar-refractivity contribution in [2.75, 3.05) is 19.7 Å². The number of piperidine rings is 1. The molecule has 6 heteroatoms. The van der Waals surface area contributed by atoms with Crippen LogP contribution in [0.3, 0.4) is 0 Å². The number of aryl methyl sites for hydroxylation is 1. The van der Waals surface area contributed by atoms with Gasteiger partial charge >= 0.3 is 5.97 Å². The van der Waals surface area contributed by atoms with E-state index >= 15 is 0 Å². The van der Waals surface area contributed by atoms with Gasteiger partial charge < -0.3 is 14.6 Å². The number of benzene rings is 1. The average molecular weight is 315 g/mol. The SMILES string of the molecule is CCOC(=O)C1CCCN(C(=O)c2ccc3nc(C)[nH]c3c2)C1. The van der Waals surface area contributed by atoms with Crippen molar-refractivity contribution in [1.29, 1.82) is 0 Å². The second-order valence-electron chi connectivity index (χ2n) is 5.90. The van der Waals surface area contributed by atoms with Crippen LogP contribution in [0.1, 0.15) is 35.9 Å². The molecule has 1 aliphatic rings. The first kappa shape index (κ1) is 15.5. The van der Waals surface area contributed by atoms with Gasteiger partial charge in [0.15, 0.2) is 0 Å². The van der Waals surface area contributed by atoms with Crippen LogP contribution in [0.15, 0.2) is 18.2 Å². The summed E-state index contributed by atoms with van der Waals surface area (Å²) in [5, 5.41) is 0. The summed E-state index contributed by atoms with van der Waals surface area (Å²) in [4.78, 5) is 33.9. The molecule has 1 aromatic carbocycles. The summed E-state index contributed by atoms with van der Waals surface area (Å²) < 4.78 is 5.09. The van der Waals surface area contributed by atoms with Crippen LogP contribution in [-0.2, 0) is 9.53 Å². The summed E-state index contributed by atoms with van der Waals surface area (Å²) in [6.45, 7) is 5.16. The normalized spacial score (nSPS) is 18.2. The lowest BCUT2D eigenvalue weighted by atomic mass is 9.97. The molecule has 0 bridgehead atoms. The highest BCUT2D eigenvalue weighted by molar-refractivity contribution is 5.97. The van der Waals surface area contributed by atoms with Gasteiger partial charge in [-0.2, -0.15) is 0 Å². The van der Waals surface area contributed by atoms with E-state index in [1.165, 1.54) is 0 Å². The number of esters is 1. The number of hydrogen-bond acceptors (Lipinski definition) is 4. The Balaban J connectivity index is 1.76. The predicted octanol–water partition coefficient (Wildman–Crippen LogP) is 2.29. The number of aromatic nitrogens is 2. The third-order valence-electron chi connectivity index (χ3n) is 4.18. The fraction of sp³-hybridized carbons (Fsp3) is 0.471. The smallest absolute Gasteiger partial charge is 0.310 e. The molecule has 122 valence electrons. The molecule has 1 atom stereocenters. The number of amides is 1. The summed E-state index contributed by atoms with van der Waals surface area (Å²) in [6, 6.07) is 5.46. The number of fused-ring (bicyclic) bond motifs is 1. The number of carbonyl (C=O) groups is 2. The van der Waals surface area contributed by atoms with Crippen LogP contribution in [-0.4, -0.2) is 46.4 Å². The first-order valence-corrected chi connectivity index (χ1v) is 8.00. The molecular weight excluding hydrogens is 294 g/mol. The number of nitrogens with zero attached hydrogens (tertiary/aromatic N) is 2. The molecule has 0 spiro atoms. The Kier molecular flexibility index (Phi) is 4.32. The minimum absolute atomic E-state index is 0.0480. The Hall–Kier alpha value is -2.37. The number of H-pyrrole nitrogens is 1. The zero-order valence-electron chi connectivity index (χ0n) is 13.5. The van der Waals surface area contributed by atoms with Crippen molar-refractivity contribution in [2.24, 2.45) is 5.92 Å². The van der Waals surface area contributed by atoms with Gasteiger partial charge in [0.05, 0.1) is 23.6 Å². The van der Waals surface area contributed by atoms with Crippen LogP contribution in [0, 0.1) is 12.8 Å². The number of nitrogens with one attached hydrogen (secondary N) is 1. The lowest BCUT2D eigenvalue weighted by Crippen LogP contribution is -2.42. The van der Waals surface area contributed by atoms with Gasteiger partial charge in [0.1, 0.15) is 5.82 Å². The molecule has 3 rings (SSSR count). The highest BCUT2D eigenvalue weighted by atomic mass is 16.5. The van der Waals surface area contributed by atoms with Gasteiger partial charge in [-0.3, -0.25) is 9.59 Å². The molecule has 0 radical (unpaired) electrons. The van der Waals surface area contributed by atoms with E-state index in [9.17, 15) is 9.59 Å². The van der Waals surface area contributed by atoms with E-state index in [-0.39, 0.29) is 17.8 Å². The Morgan fingerprint density at radius 1 is 1.43 bits per heavy atom. The highest BCUT2D eigenvalue weighted by Crippen LogP contribution is 2.21. The standard InChI is InChI=1S/C17H21N3O3/c1-3-23-17(22)13-5-4-8-20(10-13)16(21)12-6-7-14-15(9-12)19-11(2)18-14/h6-7,9,13H,3-5,8,10H2,1-2H3,(H,18,19). The van der Waals surface area contributed by atoms with E-state index in [4.69, 9.17) is 4.74 Å². The molecule has 0 aliphatic carbocycles. The van der Waals surface area contributed by atoms with Crippen LogP contribution >= 0.6 is 0 Å². The molecule has 1 saturated heterocycles. The molecule has 1 unspecified atom stereocenters. The monoisotopic (exact) mass is 315 g/mol. The number of ether oxygens (including phenoxy) is 1. The van der Waals surface area contributed by atoms with Crippen molar-refractivity contribution in [3.63, 3.8) is 0 Å². The van der Waals surface area contributed by atoms with E-state index in [1.54, 1.807) is 17.9 Å². The zero-order chi connectivity index (χ0) is 16.4. The fourth-order valence-electron chi connectivity index (χ4n) is 3.07. The maximum Gasteiger partial charge on any atom is 0.310 e. The summed E-state index contributed by atoms with van der Waals surface area (Å²) in [5.41, 5.74) is 2.32. The zero-order valence-corrected chi connectivity index (χ0v) is 13.5. The maximum atomic E-state index is 12.7. The minimum Gasteiger partial charge on any atom is -0.466 e. The van der Waals surface area contributed by atoms with E-state index in [1.807, 2.05) is 19.1 Å². The molecule has 1 aliphatic heterocycles. The maximum absolute atomic E-state index is 12.7. The third-order valence-corrected chi connectivity index (χ3v) is 4.18. The number of carbonyl (C=O) groups excluding carboxylic acids is 2. The van der Waals surface area contributed by atoms with E-state index < -0.39 is 0 Å². The van der Waals surface area contributed by atoms with Gasteiger partial charge in [-0.05, 0) is 44.9 Å². The third kappa shape index (κ3) is 3.21. The molecule has 1 fully saturated rings. The lowest BCUT2D eigenvalue weighted by Gasteiger charge is -2.31. The first-order chi connectivity index (χ1) is 11.1. The van der Waals surface area contributed by atoms with Gasteiger partial charge in [0.2, 0.25) is 0 Å². The van der Waals surface area contributed by atoms with Crippen LogP contribution < -0.4 is 0 Å². The van der Waals surface area contributed by atoms with Crippen molar-refractivity contribution in [1.82, 2.24) is 14.9 Å². The molecule has 6 nitrogen and oxygen atoms in total. The Morgan fingerprint density at radius 2 is 2.26 bits per heavy atom. The summed E-state index contributed by atoms with van der Waals surface area (Å²) in [5.74, 6) is 0.355. The van der Waals surface area contributed by atoms with Gasteiger partial charge in [0, 0.05) is 18.7 Å². The second kappa shape index (κ2) is 6.40. The lowest BCUT2D eigenvalue weighted by molar-refractivity contribution is -0.149. The fourth-order valence-corrected chi connectivity index (χ4v) is 3.07. The summed E-state index contributed by atoms with van der Waals surface area (Å²) in [6.07, 6.45) is 1.60. The molecule has 1 aromatic heterocycles. The minimum atomic E-state index is -0.217. The molecule has 1 N–H and O–H groups in total. The average Bonchev–Trinajstić information content (AvgIpc) is 2.93. The number of imidazole rings is 1. The summed E-state index contributed by atoms with van der Waals surface area (Å²) in [7, 11) is 0. The number of rotatable bonds is 3. The van der Waals surface area contributed by atoms with Gasteiger partial charge in [-0.25, -0.2) is 4.98 Å².